The van der Waals surface area contributed by atoms with Crippen molar-refractivity contribution in [3.05, 3.63) is 46.7 Å². The number of ether oxygens (including phenoxy) is 1. The standard InChI is InChI=1S/C17H22ClNO/c1-4-5-14-7-15(8-17(20-3)12(14)2)16-6-13(9-18)10-19-11-16/h6-8,11,19H,4-5,9-10H2,1-3H3. The van der Waals surface area contributed by atoms with Gasteiger partial charge in [-0.2, -0.15) is 0 Å². The molecule has 0 spiro atoms. The molecule has 0 saturated carbocycles. The molecule has 0 saturated heterocycles. The smallest absolute Gasteiger partial charge is 0.122 e. The van der Waals surface area contributed by atoms with E-state index in [4.69, 9.17) is 16.3 Å². The third-order valence-corrected chi connectivity index (χ3v) is 4.00. The Morgan fingerprint density at radius 1 is 1.35 bits per heavy atom. The van der Waals surface area contributed by atoms with Crippen LogP contribution in [0.3, 0.4) is 0 Å². The number of dihydropyridines is 1. The van der Waals surface area contributed by atoms with Crippen LogP contribution in [0, 0.1) is 6.92 Å². The summed E-state index contributed by atoms with van der Waals surface area (Å²) in [6, 6.07) is 4.37. The highest BCUT2D eigenvalue weighted by atomic mass is 35.5. The molecule has 0 amide bonds. The van der Waals surface area contributed by atoms with Crippen molar-refractivity contribution in [3.63, 3.8) is 0 Å². The van der Waals surface area contributed by atoms with Crippen LogP contribution in [0.1, 0.15) is 30.0 Å². The van der Waals surface area contributed by atoms with Crippen LogP contribution < -0.4 is 10.1 Å². The first-order valence-electron chi connectivity index (χ1n) is 7.06. The molecular formula is C17H22ClNO. The van der Waals surface area contributed by atoms with Gasteiger partial charge in [0.1, 0.15) is 5.75 Å². The molecule has 3 heteroatoms. The van der Waals surface area contributed by atoms with Gasteiger partial charge in [-0.3, -0.25) is 0 Å². The number of nitrogens with one attached hydrogen (secondary N) is 1. The molecule has 2 rings (SSSR count). The Morgan fingerprint density at radius 3 is 2.80 bits per heavy atom. The largest absolute Gasteiger partial charge is 0.496 e. The van der Waals surface area contributed by atoms with Gasteiger partial charge in [-0.15, -0.1) is 11.6 Å². The summed E-state index contributed by atoms with van der Waals surface area (Å²) in [5.41, 5.74) is 6.16. The van der Waals surface area contributed by atoms with Gasteiger partial charge in [0.2, 0.25) is 0 Å². The molecule has 2 nitrogen and oxygen atoms in total. The first-order valence-corrected chi connectivity index (χ1v) is 7.59. The Balaban J connectivity index is 2.44. The molecule has 1 aromatic rings. The van der Waals surface area contributed by atoms with Crippen LogP contribution in [-0.2, 0) is 6.42 Å². The molecule has 0 radical (unpaired) electrons. The highest BCUT2D eigenvalue weighted by Crippen LogP contribution is 2.30. The lowest BCUT2D eigenvalue weighted by atomic mass is 9.95. The monoisotopic (exact) mass is 291 g/mol. The maximum absolute atomic E-state index is 5.94. The summed E-state index contributed by atoms with van der Waals surface area (Å²) in [6.45, 7) is 5.16. The van der Waals surface area contributed by atoms with E-state index >= 15 is 0 Å². The molecule has 20 heavy (non-hydrogen) atoms. The predicted molar refractivity (Wildman–Crippen MR) is 86.5 cm³/mol. The third kappa shape index (κ3) is 3.18. The van der Waals surface area contributed by atoms with E-state index in [-0.39, 0.29) is 0 Å². The second-order valence-corrected chi connectivity index (χ2v) is 5.40. The van der Waals surface area contributed by atoms with Crippen molar-refractivity contribution in [2.45, 2.75) is 26.7 Å². The molecular weight excluding hydrogens is 270 g/mol. The third-order valence-electron chi connectivity index (χ3n) is 3.66. The SMILES string of the molecule is CCCc1cc(C2=CNCC(CCl)=C2)cc(OC)c1C. The molecule has 1 heterocycles. The van der Waals surface area contributed by atoms with Gasteiger partial charge in [0, 0.05) is 18.6 Å². The maximum atomic E-state index is 5.94. The van der Waals surface area contributed by atoms with Crippen LogP contribution in [-0.4, -0.2) is 19.5 Å². The summed E-state index contributed by atoms with van der Waals surface area (Å²) in [4.78, 5) is 0. The summed E-state index contributed by atoms with van der Waals surface area (Å²) < 4.78 is 5.52. The number of rotatable bonds is 5. The Hall–Kier alpha value is -1.41. The van der Waals surface area contributed by atoms with Crippen molar-refractivity contribution in [3.8, 4) is 5.75 Å². The zero-order valence-electron chi connectivity index (χ0n) is 12.4. The summed E-state index contributed by atoms with van der Waals surface area (Å²) >= 11 is 5.94. The van der Waals surface area contributed by atoms with Gasteiger partial charge in [-0.1, -0.05) is 25.5 Å². The number of aryl methyl sites for hydroxylation is 1. The van der Waals surface area contributed by atoms with Crippen molar-refractivity contribution in [2.24, 2.45) is 0 Å². The van der Waals surface area contributed by atoms with Gasteiger partial charge >= 0.3 is 0 Å². The van der Waals surface area contributed by atoms with Crippen molar-refractivity contribution in [1.82, 2.24) is 5.32 Å². The first kappa shape index (κ1) is 15.0. The van der Waals surface area contributed by atoms with Crippen molar-refractivity contribution < 1.29 is 4.74 Å². The number of alkyl halides is 1. The highest BCUT2D eigenvalue weighted by molar-refractivity contribution is 6.19. The van der Waals surface area contributed by atoms with Crippen LogP contribution in [0.5, 0.6) is 5.75 Å². The quantitative estimate of drug-likeness (QED) is 0.826. The average Bonchev–Trinajstić information content (AvgIpc) is 2.49. The lowest BCUT2D eigenvalue weighted by Gasteiger charge is -2.17. The summed E-state index contributed by atoms with van der Waals surface area (Å²) in [5.74, 6) is 1.52. The minimum Gasteiger partial charge on any atom is -0.496 e. The van der Waals surface area contributed by atoms with Crippen LogP contribution >= 0.6 is 11.6 Å². The first-order chi connectivity index (χ1) is 9.69. The summed E-state index contributed by atoms with van der Waals surface area (Å²) in [6.07, 6.45) is 6.43. The van der Waals surface area contributed by atoms with Gasteiger partial charge in [0.05, 0.1) is 7.11 Å². The molecule has 0 fully saturated rings. The van der Waals surface area contributed by atoms with Crippen LogP contribution in [0.25, 0.3) is 5.57 Å². The lowest BCUT2D eigenvalue weighted by molar-refractivity contribution is 0.411. The van der Waals surface area contributed by atoms with E-state index in [1.807, 2.05) is 0 Å². The molecule has 0 unspecified atom stereocenters. The average molecular weight is 292 g/mol. The van der Waals surface area contributed by atoms with E-state index in [0.29, 0.717) is 5.88 Å². The zero-order valence-corrected chi connectivity index (χ0v) is 13.2. The van der Waals surface area contributed by atoms with E-state index in [1.54, 1.807) is 7.11 Å². The number of methoxy groups -OCH3 is 1. The Bertz CT molecular complexity index is 546. The van der Waals surface area contributed by atoms with E-state index in [9.17, 15) is 0 Å². The van der Waals surface area contributed by atoms with Crippen LogP contribution in [0.2, 0.25) is 0 Å². The molecule has 0 aliphatic carbocycles. The topological polar surface area (TPSA) is 21.3 Å². The van der Waals surface area contributed by atoms with Gasteiger partial charge in [0.15, 0.2) is 0 Å². The fraction of sp³-hybridized carbons (Fsp3) is 0.412. The second kappa shape index (κ2) is 6.85. The molecule has 0 atom stereocenters. The molecule has 0 bridgehead atoms. The molecule has 108 valence electrons. The minimum absolute atomic E-state index is 0.565. The molecule has 1 aromatic carbocycles. The van der Waals surface area contributed by atoms with Crippen molar-refractivity contribution in [2.75, 3.05) is 19.5 Å². The number of hydrogen-bond donors (Lipinski definition) is 1. The molecule has 0 aromatic heterocycles. The molecule has 1 aliphatic heterocycles. The predicted octanol–water partition coefficient (Wildman–Crippen LogP) is 4.07. The van der Waals surface area contributed by atoms with Crippen LogP contribution in [0.4, 0.5) is 0 Å². The zero-order chi connectivity index (χ0) is 14.5. The van der Waals surface area contributed by atoms with Crippen molar-refractivity contribution >= 4 is 17.2 Å². The van der Waals surface area contributed by atoms with E-state index in [0.717, 1.165) is 25.1 Å². The van der Waals surface area contributed by atoms with E-state index < -0.39 is 0 Å². The van der Waals surface area contributed by atoms with Crippen LogP contribution in [0.15, 0.2) is 30.0 Å². The normalized spacial score (nSPS) is 14.4. The number of hydrogen-bond acceptors (Lipinski definition) is 2. The fourth-order valence-electron chi connectivity index (χ4n) is 2.51. The number of allylic oxidation sites excluding steroid dienone is 2. The van der Waals surface area contributed by atoms with Crippen molar-refractivity contribution in [1.29, 1.82) is 0 Å². The lowest BCUT2D eigenvalue weighted by Crippen LogP contribution is -2.15. The molecule has 1 N–H and O–H groups in total. The number of benzene rings is 1. The molecule has 1 aliphatic rings. The Labute approximate surface area is 126 Å². The van der Waals surface area contributed by atoms with E-state index in [2.05, 4.69) is 43.6 Å². The Morgan fingerprint density at radius 2 is 2.15 bits per heavy atom. The van der Waals surface area contributed by atoms with Gasteiger partial charge < -0.3 is 10.1 Å². The summed E-state index contributed by atoms with van der Waals surface area (Å²) in [7, 11) is 1.73. The second-order valence-electron chi connectivity index (χ2n) is 5.13. The summed E-state index contributed by atoms with van der Waals surface area (Å²) in [5, 5.41) is 3.28. The maximum Gasteiger partial charge on any atom is 0.122 e. The van der Waals surface area contributed by atoms with Gasteiger partial charge in [-0.25, -0.2) is 0 Å². The van der Waals surface area contributed by atoms with Gasteiger partial charge in [0.25, 0.3) is 0 Å². The van der Waals surface area contributed by atoms with Gasteiger partial charge in [-0.05, 0) is 47.2 Å². The van der Waals surface area contributed by atoms with E-state index in [1.165, 1.54) is 27.8 Å². The Kier molecular flexibility index (Phi) is 5.13. The fourth-order valence-corrected chi connectivity index (χ4v) is 2.68. The highest BCUT2D eigenvalue weighted by Gasteiger charge is 2.12. The number of halogens is 1. The minimum atomic E-state index is 0.565.